The van der Waals surface area contributed by atoms with Gasteiger partial charge in [-0.15, -0.1) is 0 Å². The maximum absolute atomic E-state index is 12.4. The molecule has 0 spiro atoms. The van der Waals surface area contributed by atoms with E-state index >= 15 is 0 Å². The van der Waals surface area contributed by atoms with Gasteiger partial charge in [-0.05, 0) is 60.1 Å². The molecule has 2 bridgehead atoms. The summed E-state index contributed by atoms with van der Waals surface area (Å²) in [5.41, 5.74) is 0.750. The Bertz CT molecular complexity index is 563. The first kappa shape index (κ1) is 13.7. The molecule has 2 aliphatic rings. The van der Waals surface area contributed by atoms with Gasteiger partial charge in [-0.1, -0.05) is 6.07 Å². The highest BCUT2D eigenvalue weighted by atomic mass is 127. The molecule has 20 heavy (non-hydrogen) atoms. The molecule has 0 saturated carbocycles. The molecule has 6 heteroatoms. The number of hydrogen-bond donors (Lipinski definition) is 2. The highest BCUT2D eigenvalue weighted by Crippen LogP contribution is 2.42. The minimum atomic E-state index is -0.788. The maximum Gasteiger partial charge on any atom is 0.322 e. The van der Waals surface area contributed by atoms with Crippen molar-refractivity contribution in [3.63, 3.8) is 0 Å². The van der Waals surface area contributed by atoms with Gasteiger partial charge in [0.15, 0.2) is 0 Å². The second kappa shape index (κ2) is 5.23. The number of carboxylic acids is 1. The summed E-state index contributed by atoms with van der Waals surface area (Å²) in [6, 6.07) is 7.32. The number of amides is 2. The molecule has 2 fully saturated rings. The molecule has 3 unspecified atom stereocenters. The molecule has 106 valence electrons. The third-order valence-corrected chi connectivity index (χ3v) is 4.84. The number of benzene rings is 1. The summed E-state index contributed by atoms with van der Waals surface area (Å²) < 4.78 is 1.05. The second-order valence-electron chi connectivity index (χ2n) is 5.33. The van der Waals surface area contributed by atoms with E-state index in [1.165, 1.54) is 0 Å². The highest BCUT2D eigenvalue weighted by molar-refractivity contribution is 14.1. The summed E-state index contributed by atoms with van der Waals surface area (Å²) in [5.74, 6) is -1.19. The smallest absolute Gasteiger partial charge is 0.322 e. The fourth-order valence-corrected chi connectivity index (χ4v) is 3.87. The molecule has 2 saturated heterocycles. The topological polar surface area (TPSA) is 69.6 Å². The lowest BCUT2D eigenvalue weighted by Crippen LogP contribution is -2.40. The van der Waals surface area contributed by atoms with Crippen molar-refractivity contribution in [2.45, 2.75) is 31.3 Å². The highest BCUT2D eigenvalue weighted by Gasteiger charge is 2.51. The van der Waals surface area contributed by atoms with Crippen LogP contribution in [0.15, 0.2) is 24.3 Å². The molecule has 0 radical (unpaired) electrons. The van der Waals surface area contributed by atoms with Gasteiger partial charge in [0.1, 0.15) is 0 Å². The van der Waals surface area contributed by atoms with Crippen molar-refractivity contribution in [1.82, 2.24) is 4.90 Å². The van der Waals surface area contributed by atoms with Crippen LogP contribution in [0.25, 0.3) is 0 Å². The summed E-state index contributed by atoms with van der Waals surface area (Å²) >= 11 is 2.19. The lowest BCUT2D eigenvalue weighted by Gasteiger charge is -2.23. The molecule has 2 aliphatic heterocycles. The molecule has 2 heterocycles. The average Bonchev–Trinajstić information content (AvgIpc) is 2.96. The minimum Gasteiger partial charge on any atom is -0.481 e. The van der Waals surface area contributed by atoms with Gasteiger partial charge in [-0.3, -0.25) is 4.79 Å². The lowest BCUT2D eigenvalue weighted by molar-refractivity contribution is -0.142. The molecule has 2 N–H and O–H groups in total. The van der Waals surface area contributed by atoms with E-state index in [0.29, 0.717) is 6.42 Å². The zero-order valence-electron chi connectivity index (χ0n) is 10.8. The van der Waals surface area contributed by atoms with Crippen LogP contribution in [0.2, 0.25) is 0 Å². The van der Waals surface area contributed by atoms with E-state index in [4.69, 9.17) is 0 Å². The fraction of sp³-hybridized carbons (Fsp3) is 0.429. The van der Waals surface area contributed by atoms with Gasteiger partial charge in [0.05, 0.1) is 5.92 Å². The molecule has 5 nitrogen and oxygen atoms in total. The summed E-state index contributed by atoms with van der Waals surface area (Å²) in [4.78, 5) is 25.3. The van der Waals surface area contributed by atoms with E-state index in [-0.39, 0.29) is 18.1 Å². The number of urea groups is 1. The maximum atomic E-state index is 12.4. The normalized spacial score (nSPS) is 27.6. The number of hydrogen-bond acceptors (Lipinski definition) is 2. The van der Waals surface area contributed by atoms with Gasteiger partial charge in [-0.2, -0.15) is 0 Å². The molecule has 0 aliphatic carbocycles. The molecule has 3 atom stereocenters. The van der Waals surface area contributed by atoms with Gasteiger partial charge in [0.25, 0.3) is 0 Å². The largest absolute Gasteiger partial charge is 0.481 e. The Hall–Kier alpha value is -1.31. The van der Waals surface area contributed by atoms with Crippen LogP contribution in [-0.4, -0.2) is 34.1 Å². The van der Waals surface area contributed by atoms with Crippen molar-refractivity contribution < 1.29 is 14.7 Å². The van der Waals surface area contributed by atoms with Gasteiger partial charge in [0.2, 0.25) is 0 Å². The Morgan fingerprint density at radius 3 is 2.80 bits per heavy atom. The zero-order chi connectivity index (χ0) is 14.3. The van der Waals surface area contributed by atoms with Crippen LogP contribution in [0, 0.1) is 9.49 Å². The number of carbonyl (C=O) groups is 2. The van der Waals surface area contributed by atoms with Crippen LogP contribution in [0.5, 0.6) is 0 Å². The van der Waals surface area contributed by atoms with Crippen LogP contribution in [0.4, 0.5) is 10.5 Å². The first-order valence-electron chi connectivity index (χ1n) is 6.64. The summed E-state index contributed by atoms with van der Waals surface area (Å²) in [6.07, 6.45) is 2.29. The average molecular weight is 386 g/mol. The number of aliphatic carboxylic acids is 1. The number of anilines is 1. The van der Waals surface area contributed by atoms with Gasteiger partial charge < -0.3 is 15.3 Å². The molecule has 1 aromatic carbocycles. The summed E-state index contributed by atoms with van der Waals surface area (Å²) in [7, 11) is 0. The van der Waals surface area contributed by atoms with E-state index in [0.717, 1.165) is 22.1 Å². The van der Waals surface area contributed by atoms with Crippen molar-refractivity contribution in [1.29, 1.82) is 0 Å². The Balaban J connectivity index is 1.74. The zero-order valence-corrected chi connectivity index (χ0v) is 12.9. The number of halogens is 1. The standard InChI is InChI=1S/C14H15IN2O3/c15-8-2-1-3-9(6-8)16-14(20)17-10-4-5-12(17)11(7-10)13(18)19/h1-3,6,10-12H,4-5,7H2,(H,16,20)(H,18,19). The Morgan fingerprint density at radius 1 is 1.35 bits per heavy atom. The number of carboxylic acid groups (broad SMARTS) is 1. The minimum absolute atomic E-state index is 0.0730. The first-order chi connectivity index (χ1) is 9.56. The first-order valence-corrected chi connectivity index (χ1v) is 7.72. The van der Waals surface area contributed by atoms with E-state index < -0.39 is 11.9 Å². The monoisotopic (exact) mass is 386 g/mol. The van der Waals surface area contributed by atoms with Crippen molar-refractivity contribution >= 4 is 40.3 Å². The molecule has 1 aromatic rings. The van der Waals surface area contributed by atoms with E-state index in [2.05, 4.69) is 27.9 Å². The van der Waals surface area contributed by atoms with Crippen LogP contribution in [0.3, 0.4) is 0 Å². The lowest BCUT2D eigenvalue weighted by atomic mass is 9.89. The van der Waals surface area contributed by atoms with Crippen LogP contribution >= 0.6 is 22.6 Å². The number of nitrogens with zero attached hydrogens (tertiary/aromatic N) is 1. The molecular weight excluding hydrogens is 371 g/mol. The van der Waals surface area contributed by atoms with Crippen molar-refractivity contribution in [2.24, 2.45) is 5.92 Å². The fourth-order valence-electron chi connectivity index (χ4n) is 3.32. The van der Waals surface area contributed by atoms with Crippen LogP contribution in [-0.2, 0) is 4.79 Å². The molecule has 2 amide bonds. The predicted molar refractivity (Wildman–Crippen MR) is 82.6 cm³/mol. The van der Waals surface area contributed by atoms with E-state index in [1.807, 2.05) is 24.3 Å². The van der Waals surface area contributed by atoms with Crippen molar-refractivity contribution in [3.05, 3.63) is 27.8 Å². The van der Waals surface area contributed by atoms with Crippen LogP contribution in [0.1, 0.15) is 19.3 Å². The van der Waals surface area contributed by atoms with E-state index in [1.54, 1.807) is 4.90 Å². The molecular formula is C14H15IN2O3. The SMILES string of the molecule is O=C(O)C1CC2CCC1N2C(=O)Nc1cccc(I)c1. The molecule has 3 rings (SSSR count). The number of fused-ring (bicyclic) bond motifs is 2. The summed E-state index contributed by atoms with van der Waals surface area (Å²) in [6.45, 7) is 0. The Morgan fingerprint density at radius 2 is 2.15 bits per heavy atom. The van der Waals surface area contributed by atoms with Crippen molar-refractivity contribution in [2.75, 3.05) is 5.32 Å². The Labute approximate surface area is 130 Å². The number of carbonyl (C=O) groups excluding carboxylic acids is 1. The van der Waals surface area contributed by atoms with Crippen molar-refractivity contribution in [3.8, 4) is 0 Å². The number of rotatable bonds is 2. The number of nitrogens with one attached hydrogen (secondary N) is 1. The van der Waals surface area contributed by atoms with Crippen LogP contribution < -0.4 is 5.32 Å². The predicted octanol–water partition coefficient (Wildman–Crippen LogP) is 2.76. The van der Waals surface area contributed by atoms with Gasteiger partial charge >= 0.3 is 12.0 Å². The van der Waals surface area contributed by atoms with Gasteiger partial charge in [-0.25, -0.2) is 4.79 Å². The third-order valence-electron chi connectivity index (χ3n) is 4.16. The Kier molecular flexibility index (Phi) is 3.57. The third kappa shape index (κ3) is 2.36. The summed E-state index contributed by atoms with van der Waals surface area (Å²) in [5, 5.41) is 12.1. The second-order valence-corrected chi connectivity index (χ2v) is 6.57. The van der Waals surface area contributed by atoms with Gasteiger partial charge in [0, 0.05) is 21.3 Å². The quantitative estimate of drug-likeness (QED) is 0.769. The van der Waals surface area contributed by atoms with E-state index in [9.17, 15) is 14.7 Å². The molecule has 0 aromatic heterocycles.